The molecule has 0 heterocycles. The predicted octanol–water partition coefficient (Wildman–Crippen LogP) is 4.34. The molecule has 0 spiro atoms. The van der Waals surface area contributed by atoms with Crippen molar-refractivity contribution < 1.29 is 9.53 Å². The molecule has 0 saturated heterocycles. The second-order valence-electron chi connectivity index (χ2n) is 4.23. The molecule has 1 unspecified atom stereocenters. The first-order chi connectivity index (χ1) is 8.52. The highest BCUT2D eigenvalue weighted by molar-refractivity contribution is 9.11. The third kappa shape index (κ3) is 3.27. The molecule has 0 aliphatic heterocycles. The van der Waals surface area contributed by atoms with E-state index in [1.54, 1.807) is 0 Å². The molecule has 1 fully saturated rings. The van der Waals surface area contributed by atoms with Crippen molar-refractivity contribution in [1.29, 1.82) is 0 Å². The van der Waals surface area contributed by atoms with Gasteiger partial charge in [0.05, 0.1) is 12.8 Å². The maximum Gasteiger partial charge on any atom is 0.328 e. The molecule has 0 radical (unpaired) electrons. The second kappa shape index (κ2) is 5.92. The van der Waals surface area contributed by atoms with Gasteiger partial charge in [0.15, 0.2) is 0 Å². The number of ether oxygens (including phenoxy) is 1. The van der Waals surface area contributed by atoms with Gasteiger partial charge in [0.2, 0.25) is 0 Å². The fourth-order valence-electron chi connectivity index (χ4n) is 1.76. The van der Waals surface area contributed by atoms with E-state index >= 15 is 0 Å². The summed E-state index contributed by atoms with van der Waals surface area (Å²) in [5, 5.41) is 3.27. The predicted molar refractivity (Wildman–Crippen MR) is 81.7 cm³/mol. The molecule has 6 heteroatoms. The molecule has 3 nitrogen and oxygen atoms in total. The zero-order valence-corrected chi connectivity index (χ0v) is 14.4. The molecule has 1 aliphatic carbocycles. The summed E-state index contributed by atoms with van der Waals surface area (Å²) in [4.78, 5) is 11.8. The Hall–Kier alpha value is -0.0700. The van der Waals surface area contributed by atoms with Crippen molar-refractivity contribution in [2.45, 2.75) is 18.9 Å². The van der Waals surface area contributed by atoms with E-state index in [0.717, 1.165) is 31.9 Å². The Morgan fingerprint density at radius 3 is 2.33 bits per heavy atom. The molecular weight excluding hydrogens is 430 g/mol. The summed E-state index contributed by atoms with van der Waals surface area (Å²) in [6.07, 6.45) is 2.14. The van der Waals surface area contributed by atoms with Crippen LogP contribution in [0.4, 0.5) is 5.69 Å². The van der Waals surface area contributed by atoms with Crippen molar-refractivity contribution >= 4 is 59.4 Å². The molecule has 0 aromatic heterocycles. The van der Waals surface area contributed by atoms with Crippen molar-refractivity contribution in [3.8, 4) is 0 Å². The molecule has 0 amide bonds. The monoisotopic (exact) mass is 439 g/mol. The standard InChI is InChI=1S/C12H12Br3NO2/c1-18-12(17)10(6-2-3-6)16-11-8(14)4-7(13)5-9(11)15/h4-6,10,16H,2-3H2,1H3. The zero-order chi connectivity index (χ0) is 13.3. The van der Waals surface area contributed by atoms with Gasteiger partial charge < -0.3 is 10.1 Å². The highest BCUT2D eigenvalue weighted by atomic mass is 79.9. The van der Waals surface area contributed by atoms with Crippen LogP contribution in [0.2, 0.25) is 0 Å². The number of esters is 1. The lowest BCUT2D eigenvalue weighted by atomic mass is 10.1. The van der Waals surface area contributed by atoms with Crippen LogP contribution in [0.15, 0.2) is 25.6 Å². The van der Waals surface area contributed by atoms with Crippen LogP contribution in [0.1, 0.15) is 12.8 Å². The van der Waals surface area contributed by atoms with Crippen molar-refractivity contribution in [2.75, 3.05) is 12.4 Å². The van der Waals surface area contributed by atoms with Crippen LogP contribution in [0.25, 0.3) is 0 Å². The number of methoxy groups -OCH3 is 1. The van der Waals surface area contributed by atoms with E-state index in [-0.39, 0.29) is 12.0 Å². The molecule has 2 rings (SSSR count). The van der Waals surface area contributed by atoms with Gasteiger partial charge in [-0.05, 0) is 62.8 Å². The molecule has 1 aromatic carbocycles. The average Bonchev–Trinajstić information content (AvgIpc) is 3.11. The number of hydrogen-bond donors (Lipinski definition) is 1. The quantitative estimate of drug-likeness (QED) is 0.706. The molecular formula is C12H12Br3NO2. The summed E-state index contributed by atoms with van der Waals surface area (Å²) in [6, 6.07) is 3.60. The van der Waals surface area contributed by atoms with Crippen LogP contribution in [0, 0.1) is 5.92 Å². The van der Waals surface area contributed by atoms with Gasteiger partial charge in [-0.2, -0.15) is 0 Å². The topological polar surface area (TPSA) is 38.3 Å². The third-order valence-corrected chi connectivity index (χ3v) is 4.56. The van der Waals surface area contributed by atoms with Gasteiger partial charge in [-0.15, -0.1) is 0 Å². The Labute approximate surface area is 131 Å². The maximum absolute atomic E-state index is 11.8. The number of anilines is 1. The highest BCUT2D eigenvalue weighted by Crippen LogP contribution is 2.39. The van der Waals surface area contributed by atoms with E-state index < -0.39 is 0 Å². The smallest absolute Gasteiger partial charge is 0.328 e. The molecule has 18 heavy (non-hydrogen) atoms. The van der Waals surface area contributed by atoms with Crippen LogP contribution in [-0.4, -0.2) is 19.1 Å². The van der Waals surface area contributed by atoms with E-state index in [9.17, 15) is 4.79 Å². The van der Waals surface area contributed by atoms with E-state index in [2.05, 4.69) is 53.1 Å². The number of halogens is 3. The van der Waals surface area contributed by atoms with Crippen LogP contribution >= 0.6 is 47.8 Å². The number of benzene rings is 1. The summed E-state index contributed by atoms with van der Waals surface area (Å²) in [5.41, 5.74) is 0.875. The molecule has 1 aromatic rings. The molecule has 1 saturated carbocycles. The van der Waals surface area contributed by atoms with Gasteiger partial charge >= 0.3 is 5.97 Å². The minimum absolute atomic E-state index is 0.209. The maximum atomic E-state index is 11.8. The van der Waals surface area contributed by atoms with Crippen molar-refractivity contribution in [3.63, 3.8) is 0 Å². The summed E-state index contributed by atoms with van der Waals surface area (Å²) in [6.45, 7) is 0. The minimum atomic E-state index is -0.274. The van der Waals surface area contributed by atoms with Crippen LogP contribution in [-0.2, 0) is 9.53 Å². The van der Waals surface area contributed by atoms with Crippen LogP contribution in [0.3, 0.4) is 0 Å². The van der Waals surface area contributed by atoms with Gasteiger partial charge in [-0.25, -0.2) is 4.79 Å². The van der Waals surface area contributed by atoms with Crippen molar-refractivity contribution in [1.82, 2.24) is 0 Å². The first-order valence-corrected chi connectivity index (χ1v) is 7.89. The van der Waals surface area contributed by atoms with Gasteiger partial charge in [-0.3, -0.25) is 0 Å². The van der Waals surface area contributed by atoms with Gasteiger partial charge in [0, 0.05) is 13.4 Å². The lowest BCUT2D eigenvalue weighted by Gasteiger charge is -2.19. The van der Waals surface area contributed by atoms with Crippen molar-refractivity contribution in [2.24, 2.45) is 5.92 Å². The lowest BCUT2D eigenvalue weighted by Crippen LogP contribution is -2.33. The Morgan fingerprint density at radius 1 is 1.33 bits per heavy atom. The summed E-state index contributed by atoms with van der Waals surface area (Å²) in [5.74, 6) is 0.166. The summed E-state index contributed by atoms with van der Waals surface area (Å²) >= 11 is 10.4. The number of carbonyl (C=O) groups excluding carboxylic acids is 1. The lowest BCUT2D eigenvalue weighted by molar-refractivity contribution is -0.142. The summed E-state index contributed by atoms with van der Waals surface area (Å²) in [7, 11) is 1.42. The fourth-order valence-corrected chi connectivity index (χ4v) is 4.25. The van der Waals surface area contributed by atoms with E-state index in [0.29, 0.717) is 5.92 Å². The Balaban J connectivity index is 2.24. The van der Waals surface area contributed by atoms with Crippen LogP contribution < -0.4 is 5.32 Å². The average molecular weight is 442 g/mol. The van der Waals surface area contributed by atoms with Crippen molar-refractivity contribution in [3.05, 3.63) is 25.6 Å². The Bertz CT molecular complexity index is 451. The van der Waals surface area contributed by atoms with E-state index in [1.807, 2.05) is 12.1 Å². The molecule has 1 atom stereocenters. The summed E-state index contributed by atoms with van der Waals surface area (Å²) < 4.78 is 7.62. The second-order valence-corrected chi connectivity index (χ2v) is 6.85. The molecule has 98 valence electrons. The highest BCUT2D eigenvalue weighted by Gasteiger charge is 2.37. The number of carbonyl (C=O) groups is 1. The first-order valence-electron chi connectivity index (χ1n) is 5.52. The number of hydrogen-bond acceptors (Lipinski definition) is 3. The third-order valence-electron chi connectivity index (χ3n) is 2.86. The van der Waals surface area contributed by atoms with E-state index in [1.165, 1.54) is 7.11 Å². The largest absolute Gasteiger partial charge is 0.467 e. The van der Waals surface area contributed by atoms with Gasteiger partial charge in [0.25, 0.3) is 0 Å². The van der Waals surface area contributed by atoms with Gasteiger partial charge in [0.1, 0.15) is 6.04 Å². The molecule has 0 bridgehead atoms. The number of nitrogens with one attached hydrogen (secondary N) is 1. The van der Waals surface area contributed by atoms with Crippen LogP contribution in [0.5, 0.6) is 0 Å². The van der Waals surface area contributed by atoms with E-state index in [4.69, 9.17) is 4.74 Å². The fraction of sp³-hybridized carbons (Fsp3) is 0.417. The number of rotatable bonds is 4. The first kappa shape index (κ1) is 14.3. The Kier molecular flexibility index (Phi) is 4.72. The minimum Gasteiger partial charge on any atom is -0.467 e. The molecule has 1 N–H and O–H groups in total. The Morgan fingerprint density at radius 2 is 1.89 bits per heavy atom. The normalized spacial score (nSPS) is 16.2. The zero-order valence-electron chi connectivity index (χ0n) is 9.67. The SMILES string of the molecule is COC(=O)C(Nc1c(Br)cc(Br)cc1Br)C1CC1. The molecule has 1 aliphatic rings. The van der Waals surface area contributed by atoms with Gasteiger partial charge in [-0.1, -0.05) is 15.9 Å².